The molecular formula is C14H20N6. The number of nitrogen functional groups attached to an aromatic ring is 1. The summed E-state index contributed by atoms with van der Waals surface area (Å²) in [5.41, 5.74) is 6.79. The number of aromatic nitrogens is 3. The van der Waals surface area contributed by atoms with Gasteiger partial charge < -0.3 is 16.0 Å². The molecule has 0 atom stereocenters. The van der Waals surface area contributed by atoms with Gasteiger partial charge in [-0.25, -0.2) is 0 Å². The number of rotatable bonds is 6. The minimum Gasteiger partial charge on any atom is -0.375 e. The normalized spacial score (nSPS) is 10.3. The van der Waals surface area contributed by atoms with Gasteiger partial charge in [0, 0.05) is 25.8 Å². The van der Waals surface area contributed by atoms with Crippen molar-refractivity contribution in [3.8, 4) is 0 Å². The first-order chi connectivity index (χ1) is 9.65. The molecule has 2 rings (SSSR count). The summed E-state index contributed by atoms with van der Waals surface area (Å²) in [6.45, 7) is 3.54. The lowest BCUT2D eigenvalue weighted by molar-refractivity contribution is 0.808. The summed E-state index contributed by atoms with van der Waals surface area (Å²) >= 11 is 0. The Labute approximate surface area is 119 Å². The maximum Gasteiger partial charge on any atom is 0.227 e. The summed E-state index contributed by atoms with van der Waals surface area (Å²) in [6.07, 6.45) is 0.982. The van der Waals surface area contributed by atoms with Crippen molar-refractivity contribution in [1.82, 2.24) is 15.0 Å². The molecule has 3 N–H and O–H groups in total. The van der Waals surface area contributed by atoms with E-state index in [1.807, 2.05) is 18.2 Å². The van der Waals surface area contributed by atoms with Gasteiger partial charge in [0.2, 0.25) is 11.9 Å². The molecule has 2 aromatic rings. The highest BCUT2D eigenvalue weighted by Crippen LogP contribution is 2.11. The summed E-state index contributed by atoms with van der Waals surface area (Å²) in [7, 11) is 2.08. The van der Waals surface area contributed by atoms with Crippen molar-refractivity contribution in [2.24, 2.45) is 0 Å². The van der Waals surface area contributed by atoms with E-state index in [9.17, 15) is 0 Å². The van der Waals surface area contributed by atoms with E-state index < -0.39 is 0 Å². The molecule has 0 unspecified atom stereocenters. The zero-order valence-electron chi connectivity index (χ0n) is 11.9. The first-order valence-corrected chi connectivity index (χ1v) is 6.63. The lowest BCUT2D eigenvalue weighted by Crippen LogP contribution is -2.21. The molecule has 0 spiro atoms. The van der Waals surface area contributed by atoms with Crippen molar-refractivity contribution in [2.75, 3.05) is 36.1 Å². The lowest BCUT2D eigenvalue weighted by atomic mass is 10.3. The van der Waals surface area contributed by atoms with Crippen LogP contribution in [0.1, 0.15) is 12.2 Å². The number of hydrogen-bond acceptors (Lipinski definition) is 6. The molecule has 1 aromatic heterocycles. The molecular weight excluding hydrogens is 252 g/mol. The van der Waals surface area contributed by atoms with E-state index in [0.717, 1.165) is 19.5 Å². The Morgan fingerprint density at radius 2 is 1.90 bits per heavy atom. The van der Waals surface area contributed by atoms with Crippen LogP contribution in [0.25, 0.3) is 0 Å². The van der Waals surface area contributed by atoms with Gasteiger partial charge in [-0.3, -0.25) is 0 Å². The summed E-state index contributed by atoms with van der Waals surface area (Å²) in [5, 5.41) is 3.16. The largest absolute Gasteiger partial charge is 0.375 e. The fourth-order valence-electron chi connectivity index (χ4n) is 1.91. The van der Waals surface area contributed by atoms with E-state index in [2.05, 4.69) is 44.3 Å². The van der Waals surface area contributed by atoms with Gasteiger partial charge in [0.05, 0.1) is 0 Å². The van der Waals surface area contributed by atoms with E-state index in [1.165, 1.54) is 5.69 Å². The summed E-state index contributed by atoms with van der Waals surface area (Å²) in [4.78, 5) is 14.4. The number of nitrogens with two attached hydrogens (primary N) is 1. The molecule has 0 bridgehead atoms. The highest BCUT2D eigenvalue weighted by atomic mass is 15.2. The van der Waals surface area contributed by atoms with Crippen LogP contribution in [0, 0.1) is 6.92 Å². The van der Waals surface area contributed by atoms with Crippen molar-refractivity contribution < 1.29 is 0 Å². The highest BCUT2D eigenvalue weighted by Gasteiger charge is 2.02. The fraction of sp³-hybridized carbons (Fsp3) is 0.357. The molecule has 0 fully saturated rings. The molecule has 1 aromatic carbocycles. The minimum absolute atomic E-state index is 0.251. The van der Waals surface area contributed by atoms with Gasteiger partial charge in [-0.05, 0) is 25.5 Å². The monoisotopic (exact) mass is 272 g/mol. The molecule has 0 amide bonds. The van der Waals surface area contributed by atoms with E-state index >= 15 is 0 Å². The number of nitrogens with one attached hydrogen (secondary N) is 1. The van der Waals surface area contributed by atoms with Crippen LogP contribution in [0.4, 0.5) is 17.6 Å². The molecule has 0 saturated carbocycles. The van der Waals surface area contributed by atoms with Crippen LogP contribution in [0.3, 0.4) is 0 Å². The summed E-state index contributed by atoms with van der Waals surface area (Å²) in [6, 6.07) is 10.3. The molecule has 0 aliphatic carbocycles. The van der Waals surface area contributed by atoms with Gasteiger partial charge in [-0.2, -0.15) is 15.0 Å². The second-order valence-corrected chi connectivity index (χ2v) is 4.60. The Hall–Kier alpha value is -2.37. The second-order valence-electron chi connectivity index (χ2n) is 4.60. The first-order valence-electron chi connectivity index (χ1n) is 6.63. The molecule has 0 aliphatic heterocycles. The van der Waals surface area contributed by atoms with Crippen molar-refractivity contribution >= 4 is 17.6 Å². The maximum atomic E-state index is 5.58. The van der Waals surface area contributed by atoms with Crippen molar-refractivity contribution in [3.05, 3.63) is 36.2 Å². The highest BCUT2D eigenvalue weighted by molar-refractivity contribution is 5.44. The Morgan fingerprint density at radius 1 is 1.15 bits per heavy atom. The van der Waals surface area contributed by atoms with Crippen LogP contribution >= 0.6 is 0 Å². The van der Waals surface area contributed by atoms with Gasteiger partial charge in [-0.1, -0.05) is 18.2 Å². The fourth-order valence-corrected chi connectivity index (χ4v) is 1.91. The Balaban J connectivity index is 1.76. The average Bonchev–Trinajstić information content (AvgIpc) is 2.43. The van der Waals surface area contributed by atoms with Gasteiger partial charge in [0.1, 0.15) is 5.82 Å². The predicted molar refractivity (Wildman–Crippen MR) is 81.8 cm³/mol. The summed E-state index contributed by atoms with van der Waals surface area (Å²) in [5.74, 6) is 1.42. The Morgan fingerprint density at radius 3 is 2.60 bits per heavy atom. The molecule has 0 aliphatic rings. The number of aryl methyl sites for hydroxylation is 1. The lowest BCUT2D eigenvalue weighted by Gasteiger charge is -2.19. The zero-order chi connectivity index (χ0) is 14.4. The number of nitrogens with zero attached hydrogens (tertiary/aromatic N) is 4. The molecule has 6 nitrogen and oxygen atoms in total. The second kappa shape index (κ2) is 6.70. The SMILES string of the molecule is Cc1nc(N)nc(NCCCN(C)c2ccccc2)n1. The van der Waals surface area contributed by atoms with Crippen molar-refractivity contribution in [2.45, 2.75) is 13.3 Å². The predicted octanol–water partition coefficient (Wildman–Crippen LogP) is 1.70. The third-order valence-corrected chi connectivity index (χ3v) is 2.91. The van der Waals surface area contributed by atoms with Crippen LogP contribution in [0.5, 0.6) is 0 Å². The number of hydrogen-bond donors (Lipinski definition) is 2. The molecule has 106 valence electrons. The standard InChI is InChI=1S/C14H20N6/c1-11-17-13(15)19-14(18-11)16-9-6-10-20(2)12-7-4-3-5-8-12/h3-5,7-8H,6,9-10H2,1-2H3,(H3,15,16,17,18,19). The van der Waals surface area contributed by atoms with Crippen LogP contribution in [0.2, 0.25) is 0 Å². The quantitative estimate of drug-likeness (QED) is 0.779. The Kier molecular flexibility index (Phi) is 4.70. The van der Waals surface area contributed by atoms with E-state index in [0.29, 0.717) is 11.8 Å². The van der Waals surface area contributed by atoms with Crippen LogP contribution in [-0.2, 0) is 0 Å². The smallest absolute Gasteiger partial charge is 0.227 e. The van der Waals surface area contributed by atoms with Gasteiger partial charge >= 0.3 is 0 Å². The maximum absolute atomic E-state index is 5.58. The summed E-state index contributed by atoms with van der Waals surface area (Å²) < 4.78 is 0. The third-order valence-electron chi connectivity index (χ3n) is 2.91. The number of benzene rings is 1. The van der Waals surface area contributed by atoms with Gasteiger partial charge in [0.25, 0.3) is 0 Å². The van der Waals surface area contributed by atoms with E-state index in [1.54, 1.807) is 6.92 Å². The Bertz CT molecular complexity index is 522. The first kappa shape index (κ1) is 14.0. The van der Waals surface area contributed by atoms with Crippen molar-refractivity contribution in [3.63, 3.8) is 0 Å². The molecule has 1 heterocycles. The molecule has 20 heavy (non-hydrogen) atoms. The van der Waals surface area contributed by atoms with Crippen LogP contribution < -0.4 is 16.0 Å². The minimum atomic E-state index is 0.251. The number of anilines is 3. The zero-order valence-corrected chi connectivity index (χ0v) is 11.9. The molecule has 0 saturated heterocycles. The van der Waals surface area contributed by atoms with Crippen LogP contribution in [-0.4, -0.2) is 35.1 Å². The van der Waals surface area contributed by atoms with E-state index in [-0.39, 0.29) is 5.95 Å². The molecule has 6 heteroatoms. The molecule has 0 radical (unpaired) electrons. The topological polar surface area (TPSA) is 80.0 Å². The number of para-hydroxylation sites is 1. The third kappa shape index (κ3) is 4.08. The van der Waals surface area contributed by atoms with Crippen LogP contribution in [0.15, 0.2) is 30.3 Å². The van der Waals surface area contributed by atoms with Crippen molar-refractivity contribution in [1.29, 1.82) is 0 Å². The van der Waals surface area contributed by atoms with E-state index in [4.69, 9.17) is 5.73 Å². The van der Waals surface area contributed by atoms with Gasteiger partial charge in [-0.15, -0.1) is 0 Å². The van der Waals surface area contributed by atoms with Gasteiger partial charge in [0.15, 0.2) is 0 Å². The average molecular weight is 272 g/mol.